The minimum absolute atomic E-state index is 0.563. The second-order valence-electron chi connectivity index (χ2n) is 7.48. The molecule has 0 bridgehead atoms. The Bertz CT molecular complexity index is 1360. The van der Waals surface area contributed by atoms with Gasteiger partial charge in [-0.25, -0.2) is 4.68 Å². The molecule has 32 heavy (non-hydrogen) atoms. The third kappa shape index (κ3) is 4.24. The van der Waals surface area contributed by atoms with E-state index in [1.165, 1.54) is 5.39 Å². The van der Waals surface area contributed by atoms with Crippen LogP contribution in [0.5, 0.6) is 0 Å². The number of hydrogen-bond donors (Lipinski definition) is 2. The summed E-state index contributed by atoms with van der Waals surface area (Å²) in [5.41, 5.74) is 5.10. The highest BCUT2D eigenvalue weighted by molar-refractivity contribution is 7.80. The fraction of sp³-hybridized carbons (Fsp3) is 0.0370. The highest BCUT2D eigenvalue weighted by Gasteiger charge is 2.13. The van der Waals surface area contributed by atoms with Gasteiger partial charge in [-0.15, -0.1) is 0 Å². The summed E-state index contributed by atoms with van der Waals surface area (Å²) >= 11 is 5.61. The first-order valence-electron chi connectivity index (χ1n) is 10.5. The minimum atomic E-state index is 0.563. The lowest BCUT2D eigenvalue weighted by atomic mass is 10.1. The van der Waals surface area contributed by atoms with Gasteiger partial charge in [-0.3, -0.25) is 0 Å². The molecule has 0 unspecified atom stereocenters. The number of hydrogen-bond acceptors (Lipinski definition) is 2. The van der Waals surface area contributed by atoms with Gasteiger partial charge in [0, 0.05) is 34.9 Å². The predicted molar refractivity (Wildman–Crippen MR) is 136 cm³/mol. The van der Waals surface area contributed by atoms with Crippen molar-refractivity contribution in [2.75, 3.05) is 5.32 Å². The second-order valence-corrected chi connectivity index (χ2v) is 7.89. The van der Waals surface area contributed by atoms with Crippen molar-refractivity contribution in [3.8, 4) is 16.9 Å². The molecule has 5 rings (SSSR count). The van der Waals surface area contributed by atoms with Crippen molar-refractivity contribution < 1.29 is 0 Å². The maximum atomic E-state index is 5.61. The smallest absolute Gasteiger partial charge is 0.171 e. The van der Waals surface area contributed by atoms with Gasteiger partial charge in [0.2, 0.25) is 0 Å². The minimum Gasteiger partial charge on any atom is -0.358 e. The molecular formula is C27H22N4S. The van der Waals surface area contributed by atoms with E-state index >= 15 is 0 Å². The van der Waals surface area contributed by atoms with Crippen molar-refractivity contribution in [3.05, 3.63) is 115 Å². The van der Waals surface area contributed by atoms with E-state index in [2.05, 4.69) is 47.2 Å². The van der Waals surface area contributed by atoms with Gasteiger partial charge in [0.1, 0.15) is 0 Å². The molecule has 5 heteroatoms. The van der Waals surface area contributed by atoms with Crippen molar-refractivity contribution in [3.63, 3.8) is 0 Å². The van der Waals surface area contributed by atoms with Crippen LogP contribution in [0.2, 0.25) is 0 Å². The molecule has 0 amide bonds. The Morgan fingerprint density at radius 3 is 2.28 bits per heavy atom. The van der Waals surface area contributed by atoms with Crippen LogP contribution in [0.15, 0.2) is 109 Å². The van der Waals surface area contributed by atoms with E-state index in [1.807, 2.05) is 77.5 Å². The zero-order valence-electron chi connectivity index (χ0n) is 17.4. The summed E-state index contributed by atoms with van der Waals surface area (Å²) in [5, 5.41) is 14.5. The van der Waals surface area contributed by atoms with E-state index in [-0.39, 0.29) is 0 Å². The number of benzene rings is 4. The van der Waals surface area contributed by atoms with E-state index in [9.17, 15) is 0 Å². The molecule has 0 aliphatic rings. The maximum absolute atomic E-state index is 5.61. The van der Waals surface area contributed by atoms with Gasteiger partial charge in [0.25, 0.3) is 0 Å². The van der Waals surface area contributed by atoms with E-state index in [0.717, 1.165) is 33.6 Å². The average Bonchev–Trinajstić information content (AvgIpc) is 3.28. The van der Waals surface area contributed by atoms with Gasteiger partial charge in [-0.2, -0.15) is 5.10 Å². The number of para-hydroxylation sites is 1. The molecule has 0 saturated heterocycles. The van der Waals surface area contributed by atoms with Crippen LogP contribution >= 0.6 is 12.2 Å². The van der Waals surface area contributed by atoms with Crippen molar-refractivity contribution in [1.82, 2.24) is 15.1 Å². The largest absolute Gasteiger partial charge is 0.358 e. The molecule has 4 aromatic carbocycles. The summed E-state index contributed by atoms with van der Waals surface area (Å²) in [6, 6.07) is 34.8. The first-order valence-corrected chi connectivity index (χ1v) is 10.9. The standard InChI is InChI=1S/C27H22N4S/c32-27(29-25-17-9-13-20-10-7-8-16-24(20)25)28-18-22-19-31(23-14-5-2-6-15-23)30-26(22)21-11-3-1-4-12-21/h1-17,19H,18H2,(H2,28,29,32). The van der Waals surface area contributed by atoms with Crippen molar-refractivity contribution in [2.24, 2.45) is 0 Å². The lowest BCUT2D eigenvalue weighted by Crippen LogP contribution is -2.28. The van der Waals surface area contributed by atoms with E-state index < -0.39 is 0 Å². The SMILES string of the molecule is S=C(NCc1cn(-c2ccccc2)nc1-c1ccccc1)Nc1cccc2ccccc12. The highest BCUT2D eigenvalue weighted by atomic mass is 32.1. The predicted octanol–water partition coefficient (Wildman–Crippen LogP) is 6.18. The Labute approximate surface area is 192 Å². The van der Waals surface area contributed by atoms with Crippen LogP contribution < -0.4 is 10.6 Å². The summed E-state index contributed by atoms with van der Waals surface area (Å²) in [6.07, 6.45) is 2.06. The van der Waals surface area contributed by atoms with Gasteiger partial charge in [0.15, 0.2) is 5.11 Å². The third-order valence-electron chi connectivity index (χ3n) is 5.34. The molecule has 156 valence electrons. The molecule has 1 aromatic heterocycles. The number of anilines is 1. The van der Waals surface area contributed by atoms with E-state index in [0.29, 0.717) is 11.7 Å². The molecule has 0 aliphatic heterocycles. The topological polar surface area (TPSA) is 41.9 Å². The molecular weight excluding hydrogens is 412 g/mol. The van der Waals surface area contributed by atoms with Crippen molar-refractivity contribution in [2.45, 2.75) is 6.54 Å². The zero-order chi connectivity index (χ0) is 21.8. The highest BCUT2D eigenvalue weighted by Crippen LogP contribution is 2.25. The second kappa shape index (κ2) is 9.04. The Morgan fingerprint density at radius 2 is 1.47 bits per heavy atom. The average molecular weight is 435 g/mol. The van der Waals surface area contributed by atoms with Gasteiger partial charge in [-0.1, -0.05) is 84.9 Å². The fourth-order valence-corrected chi connectivity index (χ4v) is 3.95. The van der Waals surface area contributed by atoms with Gasteiger partial charge < -0.3 is 10.6 Å². The summed E-state index contributed by atoms with van der Waals surface area (Å²) in [5.74, 6) is 0. The van der Waals surface area contributed by atoms with Crippen LogP contribution in [0, 0.1) is 0 Å². The lowest BCUT2D eigenvalue weighted by Gasteiger charge is -2.12. The summed E-state index contributed by atoms with van der Waals surface area (Å²) in [6.45, 7) is 0.563. The van der Waals surface area contributed by atoms with Crippen LogP contribution in [0.4, 0.5) is 5.69 Å². The van der Waals surface area contributed by atoms with Gasteiger partial charge >= 0.3 is 0 Å². The van der Waals surface area contributed by atoms with Crippen LogP contribution in [0.3, 0.4) is 0 Å². The van der Waals surface area contributed by atoms with Crippen LogP contribution in [0.25, 0.3) is 27.7 Å². The Kier molecular flexibility index (Phi) is 5.64. The lowest BCUT2D eigenvalue weighted by molar-refractivity contribution is 0.879. The fourth-order valence-electron chi connectivity index (χ4n) is 3.77. The maximum Gasteiger partial charge on any atom is 0.171 e. The normalized spacial score (nSPS) is 10.8. The number of fused-ring (bicyclic) bond motifs is 1. The summed E-state index contributed by atoms with van der Waals surface area (Å²) in [7, 11) is 0. The number of nitrogens with zero attached hydrogens (tertiary/aromatic N) is 2. The third-order valence-corrected chi connectivity index (χ3v) is 5.58. The number of nitrogens with one attached hydrogen (secondary N) is 2. The molecule has 0 fully saturated rings. The molecule has 0 saturated carbocycles. The Balaban J connectivity index is 1.38. The first kappa shape index (κ1) is 20.0. The number of aromatic nitrogens is 2. The molecule has 1 heterocycles. The first-order chi connectivity index (χ1) is 15.8. The van der Waals surface area contributed by atoms with Crippen LogP contribution in [-0.4, -0.2) is 14.9 Å². The van der Waals surface area contributed by atoms with E-state index in [1.54, 1.807) is 0 Å². The van der Waals surface area contributed by atoms with Gasteiger partial charge in [0.05, 0.1) is 11.4 Å². The molecule has 0 atom stereocenters. The summed E-state index contributed by atoms with van der Waals surface area (Å²) < 4.78 is 1.92. The molecule has 4 nitrogen and oxygen atoms in total. The molecule has 0 radical (unpaired) electrons. The zero-order valence-corrected chi connectivity index (χ0v) is 18.2. The number of rotatable bonds is 5. The molecule has 5 aromatic rings. The monoisotopic (exact) mass is 434 g/mol. The number of thiocarbonyl (C=S) groups is 1. The summed E-state index contributed by atoms with van der Waals surface area (Å²) in [4.78, 5) is 0. The molecule has 2 N–H and O–H groups in total. The van der Waals surface area contributed by atoms with Crippen LogP contribution in [-0.2, 0) is 6.54 Å². The van der Waals surface area contributed by atoms with Crippen molar-refractivity contribution in [1.29, 1.82) is 0 Å². The van der Waals surface area contributed by atoms with Gasteiger partial charge in [-0.05, 0) is 35.8 Å². The van der Waals surface area contributed by atoms with Crippen molar-refractivity contribution >= 4 is 33.8 Å². The van der Waals surface area contributed by atoms with E-state index in [4.69, 9.17) is 17.3 Å². The Morgan fingerprint density at radius 1 is 0.781 bits per heavy atom. The Hall–Kier alpha value is -3.96. The quantitative estimate of drug-likeness (QED) is 0.324. The molecule has 0 aliphatic carbocycles. The van der Waals surface area contributed by atoms with Crippen LogP contribution in [0.1, 0.15) is 5.56 Å². The molecule has 0 spiro atoms.